The van der Waals surface area contributed by atoms with Gasteiger partial charge in [0.25, 0.3) is 5.91 Å². The van der Waals surface area contributed by atoms with Crippen LogP contribution in [-0.2, 0) is 9.47 Å². The molecule has 1 aromatic rings. The molecule has 0 spiro atoms. The fourth-order valence-electron chi connectivity index (χ4n) is 3.53. The Kier molecular flexibility index (Phi) is 6.45. The number of anilines is 1. The molecule has 0 unspecified atom stereocenters. The molecule has 2 fully saturated rings. The summed E-state index contributed by atoms with van der Waals surface area (Å²) in [5, 5.41) is 3.15. The Morgan fingerprint density at radius 2 is 1.85 bits per heavy atom. The van der Waals surface area contributed by atoms with Crippen molar-refractivity contribution in [3.8, 4) is 0 Å². The number of amides is 1. The van der Waals surface area contributed by atoms with Crippen LogP contribution in [0, 0.1) is 0 Å². The summed E-state index contributed by atoms with van der Waals surface area (Å²) in [7, 11) is 0. The maximum absolute atomic E-state index is 12.9. The summed E-state index contributed by atoms with van der Waals surface area (Å²) in [5.41, 5.74) is 0.565. The highest BCUT2D eigenvalue weighted by Crippen LogP contribution is 2.22. The van der Waals surface area contributed by atoms with Gasteiger partial charge in [0.2, 0.25) is 0 Å². The summed E-state index contributed by atoms with van der Waals surface area (Å²) in [6.45, 7) is 11.2. The van der Waals surface area contributed by atoms with Gasteiger partial charge in [-0.15, -0.1) is 0 Å². The van der Waals surface area contributed by atoms with Crippen molar-refractivity contribution in [3.63, 3.8) is 0 Å². The predicted octanol–water partition coefficient (Wildman–Crippen LogP) is 1.15. The maximum Gasteiger partial charge on any atom is 0.255 e. The van der Waals surface area contributed by atoms with E-state index in [9.17, 15) is 4.79 Å². The largest absolute Gasteiger partial charge is 0.379 e. The molecule has 0 radical (unpaired) electrons. The molecule has 7 heteroatoms. The molecule has 144 valence electrons. The Bertz CT molecular complexity index is 600. The third kappa shape index (κ3) is 4.34. The number of morpholine rings is 2. The van der Waals surface area contributed by atoms with Crippen molar-refractivity contribution in [1.82, 2.24) is 15.2 Å². The molecule has 0 aromatic carbocycles. The molecule has 0 bridgehead atoms. The van der Waals surface area contributed by atoms with E-state index in [0.29, 0.717) is 25.3 Å². The van der Waals surface area contributed by atoms with Crippen LogP contribution in [0.25, 0.3) is 0 Å². The van der Waals surface area contributed by atoms with Gasteiger partial charge in [-0.3, -0.25) is 9.69 Å². The fourth-order valence-corrected chi connectivity index (χ4v) is 3.53. The van der Waals surface area contributed by atoms with Crippen molar-refractivity contribution in [2.24, 2.45) is 0 Å². The summed E-state index contributed by atoms with van der Waals surface area (Å²) in [6, 6.07) is 3.67. The number of rotatable bonds is 6. The fraction of sp³-hybridized carbons (Fsp3) is 0.684. The standard InChI is InChI=1S/C19H30N4O3/c1-3-19(2,23-9-13-26-14-10-23)15-21-18(24)16-5-4-6-20-17(16)22-7-11-25-12-8-22/h4-6H,3,7-15H2,1-2H3,(H,21,24)/t19-/m1/s1. The molecule has 1 aromatic heterocycles. The second-order valence-corrected chi connectivity index (χ2v) is 7.11. The minimum absolute atomic E-state index is 0.0625. The van der Waals surface area contributed by atoms with E-state index in [1.54, 1.807) is 6.20 Å². The van der Waals surface area contributed by atoms with Crippen molar-refractivity contribution in [1.29, 1.82) is 0 Å². The number of aromatic nitrogens is 1. The zero-order valence-corrected chi connectivity index (χ0v) is 15.9. The Labute approximate surface area is 155 Å². The van der Waals surface area contributed by atoms with E-state index in [0.717, 1.165) is 51.6 Å². The number of nitrogens with one attached hydrogen (secondary N) is 1. The molecule has 0 saturated carbocycles. The molecular weight excluding hydrogens is 332 g/mol. The number of hydrogen-bond donors (Lipinski definition) is 1. The van der Waals surface area contributed by atoms with Crippen LogP contribution in [-0.4, -0.2) is 80.5 Å². The maximum atomic E-state index is 12.9. The Morgan fingerprint density at radius 3 is 2.50 bits per heavy atom. The van der Waals surface area contributed by atoms with E-state index < -0.39 is 0 Å². The predicted molar refractivity (Wildman–Crippen MR) is 101 cm³/mol. The van der Waals surface area contributed by atoms with Crippen LogP contribution in [0.3, 0.4) is 0 Å². The Morgan fingerprint density at radius 1 is 1.19 bits per heavy atom. The number of hydrogen-bond acceptors (Lipinski definition) is 6. The van der Waals surface area contributed by atoms with E-state index in [2.05, 4.69) is 33.9 Å². The van der Waals surface area contributed by atoms with Gasteiger partial charge < -0.3 is 19.7 Å². The van der Waals surface area contributed by atoms with Gasteiger partial charge in [0.05, 0.1) is 32.0 Å². The molecule has 2 saturated heterocycles. The van der Waals surface area contributed by atoms with Crippen molar-refractivity contribution in [2.45, 2.75) is 25.8 Å². The molecule has 2 aliphatic heterocycles. The van der Waals surface area contributed by atoms with Gasteiger partial charge in [0.15, 0.2) is 0 Å². The first-order valence-electron chi connectivity index (χ1n) is 9.53. The monoisotopic (exact) mass is 362 g/mol. The third-order valence-corrected chi connectivity index (χ3v) is 5.51. The van der Waals surface area contributed by atoms with Gasteiger partial charge in [0.1, 0.15) is 5.82 Å². The minimum atomic E-state index is -0.0687. The van der Waals surface area contributed by atoms with Gasteiger partial charge in [-0.2, -0.15) is 0 Å². The Hall–Kier alpha value is -1.70. The third-order valence-electron chi connectivity index (χ3n) is 5.51. The van der Waals surface area contributed by atoms with E-state index in [1.807, 2.05) is 12.1 Å². The lowest BCUT2D eigenvalue weighted by Gasteiger charge is -2.43. The molecule has 1 atom stereocenters. The van der Waals surface area contributed by atoms with E-state index in [1.165, 1.54) is 0 Å². The SMILES string of the molecule is CC[C@](C)(CNC(=O)c1cccnc1N1CCOCC1)N1CCOCC1. The number of carbonyl (C=O) groups excluding carboxylic acids is 1. The molecule has 7 nitrogen and oxygen atoms in total. The normalized spacial score (nSPS) is 21.2. The summed E-state index contributed by atoms with van der Waals surface area (Å²) in [5.74, 6) is 0.686. The second-order valence-electron chi connectivity index (χ2n) is 7.11. The topological polar surface area (TPSA) is 66.9 Å². The van der Waals surface area contributed by atoms with Crippen LogP contribution < -0.4 is 10.2 Å². The van der Waals surface area contributed by atoms with E-state index >= 15 is 0 Å². The lowest BCUT2D eigenvalue weighted by atomic mass is 9.95. The van der Waals surface area contributed by atoms with Gasteiger partial charge in [-0.1, -0.05) is 6.92 Å². The van der Waals surface area contributed by atoms with Crippen LogP contribution in [0.2, 0.25) is 0 Å². The van der Waals surface area contributed by atoms with Crippen LogP contribution in [0.5, 0.6) is 0 Å². The summed E-state index contributed by atoms with van der Waals surface area (Å²) in [6.07, 6.45) is 2.71. The van der Waals surface area contributed by atoms with Crippen molar-refractivity contribution < 1.29 is 14.3 Å². The Balaban J connectivity index is 1.67. The zero-order chi connectivity index (χ0) is 18.4. The van der Waals surface area contributed by atoms with Gasteiger partial charge in [-0.25, -0.2) is 4.98 Å². The lowest BCUT2D eigenvalue weighted by molar-refractivity contribution is -0.0169. The number of pyridine rings is 1. The summed E-state index contributed by atoms with van der Waals surface area (Å²) >= 11 is 0. The smallest absolute Gasteiger partial charge is 0.255 e. The highest BCUT2D eigenvalue weighted by atomic mass is 16.5. The van der Waals surface area contributed by atoms with Gasteiger partial charge in [0, 0.05) is 44.5 Å². The first kappa shape index (κ1) is 19.1. The molecule has 3 heterocycles. The van der Waals surface area contributed by atoms with Crippen LogP contribution >= 0.6 is 0 Å². The molecule has 26 heavy (non-hydrogen) atoms. The number of ether oxygens (including phenoxy) is 2. The van der Waals surface area contributed by atoms with E-state index in [4.69, 9.17) is 9.47 Å². The average molecular weight is 362 g/mol. The van der Waals surface area contributed by atoms with Crippen LogP contribution in [0.1, 0.15) is 30.6 Å². The lowest BCUT2D eigenvalue weighted by Crippen LogP contribution is -2.56. The first-order chi connectivity index (χ1) is 12.6. The molecular formula is C19H30N4O3. The second kappa shape index (κ2) is 8.79. The molecule has 1 N–H and O–H groups in total. The summed E-state index contributed by atoms with van der Waals surface area (Å²) < 4.78 is 10.9. The average Bonchev–Trinajstić information content (AvgIpc) is 2.73. The van der Waals surface area contributed by atoms with Gasteiger partial charge in [-0.05, 0) is 25.5 Å². The quantitative estimate of drug-likeness (QED) is 0.819. The zero-order valence-electron chi connectivity index (χ0n) is 15.9. The van der Waals surface area contributed by atoms with Crippen molar-refractivity contribution in [3.05, 3.63) is 23.9 Å². The number of carbonyl (C=O) groups is 1. The van der Waals surface area contributed by atoms with Crippen molar-refractivity contribution >= 4 is 11.7 Å². The summed E-state index contributed by atoms with van der Waals surface area (Å²) in [4.78, 5) is 21.9. The number of nitrogens with zero attached hydrogens (tertiary/aromatic N) is 3. The van der Waals surface area contributed by atoms with Crippen LogP contribution in [0.15, 0.2) is 18.3 Å². The van der Waals surface area contributed by atoms with Crippen molar-refractivity contribution in [2.75, 3.05) is 64.1 Å². The highest BCUT2D eigenvalue weighted by molar-refractivity contribution is 5.98. The first-order valence-corrected chi connectivity index (χ1v) is 9.53. The minimum Gasteiger partial charge on any atom is -0.379 e. The highest BCUT2D eigenvalue weighted by Gasteiger charge is 2.32. The van der Waals surface area contributed by atoms with Crippen LogP contribution in [0.4, 0.5) is 5.82 Å². The van der Waals surface area contributed by atoms with Gasteiger partial charge >= 0.3 is 0 Å². The molecule has 2 aliphatic rings. The molecule has 3 rings (SSSR count). The van der Waals surface area contributed by atoms with E-state index in [-0.39, 0.29) is 11.4 Å². The molecule has 0 aliphatic carbocycles. The molecule has 1 amide bonds.